The summed E-state index contributed by atoms with van der Waals surface area (Å²) >= 11 is 0. The molecule has 0 heterocycles. The van der Waals surface area contributed by atoms with Crippen LogP contribution in [0.5, 0.6) is 0 Å². The minimum Gasteiger partial charge on any atom is -0.312 e. The molecule has 1 spiro atoms. The summed E-state index contributed by atoms with van der Waals surface area (Å²) < 4.78 is 0. The van der Waals surface area contributed by atoms with Crippen molar-refractivity contribution in [2.45, 2.75) is 83.8 Å². The molecule has 0 aromatic rings. The molecule has 0 amide bonds. The maximum absolute atomic E-state index is 3.69. The summed E-state index contributed by atoms with van der Waals surface area (Å²) in [4.78, 5) is 2.59. The Morgan fingerprint density at radius 1 is 1.22 bits per heavy atom. The Bertz CT molecular complexity index is 246. The average Bonchev–Trinajstić information content (AvgIpc) is 2.27. The molecular weight excluding hydrogens is 220 g/mol. The van der Waals surface area contributed by atoms with E-state index in [1.54, 1.807) is 0 Å². The summed E-state index contributed by atoms with van der Waals surface area (Å²) in [7, 11) is 2.32. The average molecular weight is 252 g/mol. The van der Waals surface area contributed by atoms with Crippen molar-refractivity contribution in [3.8, 4) is 0 Å². The monoisotopic (exact) mass is 252 g/mol. The van der Waals surface area contributed by atoms with Gasteiger partial charge >= 0.3 is 0 Å². The van der Waals surface area contributed by atoms with E-state index in [4.69, 9.17) is 0 Å². The Morgan fingerprint density at radius 3 is 2.33 bits per heavy atom. The second kappa shape index (κ2) is 5.92. The molecule has 18 heavy (non-hydrogen) atoms. The largest absolute Gasteiger partial charge is 0.312 e. The van der Waals surface area contributed by atoms with Crippen molar-refractivity contribution in [3.05, 3.63) is 0 Å². The summed E-state index contributed by atoms with van der Waals surface area (Å²) in [6.45, 7) is 8.09. The summed E-state index contributed by atoms with van der Waals surface area (Å²) in [5, 5.41) is 3.69. The van der Waals surface area contributed by atoms with Crippen molar-refractivity contribution in [2.75, 3.05) is 13.6 Å². The Balaban J connectivity index is 1.72. The van der Waals surface area contributed by atoms with Crippen LogP contribution in [0.3, 0.4) is 0 Å². The molecule has 1 N–H and O–H groups in total. The third-order valence-electron chi connectivity index (χ3n) is 5.14. The van der Waals surface area contributed by atoms with Gasteiger partial charge in [-0.05, 0) is 64.0 Å². The number of hydrogen-bond acceptors (Lipinski definition) is 2. The highest BCUT2D eigenvalue weighted by Crippen LogP contribution is 2.52. The molecule has 0 aliphatic heterocycles. The van der Waals surface area contributed by atoms with E-state index >= 15 is 0 Å². The van der Waals surface area contributed by atoms with Crippen molar-refractivity contribution in [1.29, 1.82) is 0 Å². The smallest absolute Gasteiger partial charge is 0.00926 e. The van der Waals surface area contributed by atoms with Gasteiger partial charge in [0.05, 0.1) is 0 Å². The van der Waals surface area contributed by atoms with Gasteiger partial charge in [0, 0.05) is 18.1 Å². The molecule has 0 atom stereocenters. The van der Waals surface area contributed by atoms with Gasteiger partial charge in [-0.15, -0.1) is 0 Å². The highest BCUT2D eigenvalue weighted by atomic mass is 15.1. The van der Waals surface area contributed by atoms with Gasteiger partial charge in [-0.2, -0.15) is 0 Å². The summed E-state index contributed by atoms with van der Waals surface area (Å²) in [5.74, 6) is 0. The van der Waals surface area contributed by atoms with E-state index in [0.29, 0.717) is 6.04 Å². The molecule has 0 radical (unpaired) electrons. The van der Waals surface area contributed by atoms with Crippen LogP contribution in [-0.4, -0.2) is 36.6 Å². The normalized spacial score (nSPS) is 36.3. The fourth-order valence-electron chi connectivity index (χ4n) is 4.17. The second-order valence-corrected chi connectivity index (χ2v) is 7.14. The van der Waals surface area contributed by atoms with Crippen LogP contribution in [0.4, 0.5) is 0 Å². The van der Waals surface area contributed by atoms with E-state index in [9.17, 15) is 0 Å². The Labute approximate surface area is 114 Å². The lowest BCUT2D eigenvalue weighted by atomic mass is 9.57. The van der Waals surface area contributed by atoms with Crippen LogP contribution in [0, 0.1) is 5.41 Å². The third kappa shape index (κ3) is 3.27. The van der Waals surface area contributed by atoms with E-state index in [1.165, 1.54) is 51.5 Å². The van der Waals surface area contributed by atoms with Gasteiger partial charge in [-0.25, -0.2) is 0 Å². The van der Waals surface area contributed by atoms with Gasteiger partial charge in [-0.1, -0.05) is 20.8 Å². The number of rotatable bonds is 5. The maximum Gasteiger partial charge on any atom is 0.00926 e. The molecule has 106 valence electrons. The highest BCUT2D eigenvalue weighted by Gasteiger charge is 2.46. The van der Waals surface area contributed by atoms with Gasteiger partial charge in [0.15, 0.2) is 0 Å². The predicted molar refractivity (Wildman–Crippen MR) is 78.9 cm³/mol. The number of hydrogen-bond donors (Lipinski definition) is 1. The standard InChI is InChI=1S/C16H32N2/c1-5-10-18(4)15-6-8-16(9-7-15)11-14(12-16)17-13(2)3/h13-15,17H,5-12H2,1-4H3/t14-,15-,16?. The van der Waals surface area contributed by atoms with Crippen LogP contribution >= 0.6 is 0 Å². The number of nitrogens with one attached hydrogen (secondary N) is 1. The van der Waals surface area contributed by atoms with E-state index in [-0.39, 0.29) is 0 Å². The first-order valence-corrected chi connectivity index (χ1v) is 8.01. The Kier molecular flexibility index (Phi) is 4.71. The molecule has 0 aromatic heterocycles. The van der Waals surface area contributed by atoms with Gasteiger partial charge in [0.25, 0.3) is 0 Å². The molecule has 2 nitrogen and oxygen atoms in total. The Morgan fingerprint density at radius 2 is 1.83 bits per heavy atom. The lowest BCUT2D eigenvalue weighted by molar-refractivity contribution is 0.00814. The fourth-order valence-corrected chi connectivity index (χ4v) is 4.17. The van der Waals surface area contributed by atoms with E-state index in [0.717, 1.165) is 17.5 Å². The molecule has 0 unspecified atom stereocenters. The minimum atomic E-state index is 0.652. The minimum absolute atomic E-state index is 0.652. The Hall–Kier alpha value is -0.0800. The lowest BCUT2D eigenvalue weighted by Gasteiger charge is -2.53. The first kappa shape index (κ1) is 14.3. The van der Waals surface area contributed by atoms with Crippen LogP contribution in [0.25, 0.3) is 0 Å². The van der Waals surface area contributed by atoms with E-state index in [1.807, 2.05) is 0 Å². The number of nitrogens with zero attached hydrogens (tertiary/aromatic N) is 1. The second-order valence-electron chi connectivity index (χ2n) is 7.14. The molecule has 0 saturated heterocycles. The zero-order chi connectivity index (χ0) is 13.2. The van der Waals surface area contributed by atoms with Crippen molar-refractivity contribution in [2.24, 2.45) is 5.41 Å². The summed E-state index contributed by atoms with van der Waals surface area (Å²) in [6, 6.07) is 2.34. The fraction of sp³-hybridized carbons (Fsp3) is 1.00. The van der Waals surface area contributed by atoms with E-state index in [2.05, 4.69) is 38.0 Å². The molecule has 0 bridgehead atoms. The SMILES string of the molecule is CCCN(C)[C@H]1CCC2(CC1)C[C@H](NC(C)C)C2. The van der Waals surface area contributed by atoms with Crippen LogP contribution < -0.4 is 5.32 Å². The van der Waals surface area contributed by atoms with Crippen LogP contribution in [0.1, 0.15) is 65.7 Å². The van der Waals surface area contributed by atoms with Gasteiger partial charge < -0.3 is 10.2 Å². The van der Waals surface area contributed by atoms with E-state index < -0.39 is 0 Å². The van der Waals surface area contributed by atoms with Gasteiger partial charge in [0.1, 0.15) is 0 Å². The van der Waals surface area contributed by atoms with Crippen molar-refractivity contribution < 1.29 is 0 Å². The first-order chi connectivity index (χ1) is 8.54. The molecular formula is C16H32N2. The van der Waals surface area contributed by atoms with Crippen LogP contribution in [-0.2, 0) is 0 Å². The summed E-state index contributed by atoms with van der Waals surface area (Å²) in [5.41, 5.74) is 0.732. The maximum atomic E-state index is 3.69. The molecule has 2 aliphatic rings. The molecule has 2 aliphatic carbocycles. The van der Waals surface area contributed by atoms with Gasteiger partial charge in [0.2, 0.25) is 0 Å². The molecule has 2 heteroatoms. The van der Waals surface area contributed by atoms with Gasteiger partial charge in [-0.3, -0.25) is 0 Å². The van der Waals surface area contributed by atoms with Crippen molar-refractivity contribution >= 4 is 0 Å². The third-order valence-corrected chi connectivity index (χ3v) is 5.14. The zero-order valence-electron chi connectivity index (χ0n) is 12.8. The first-order valence-electron chi connectivity index (χ1n) is 8.01. The lowest BCUT2D eigenvalue weighted by Crippen LogP contribution is -2.53. The molecule has 2 fully saturated rings. The topological polar surface area (TPSA) is 15.3 Å². The predicted octanol–water partition coefficient (Wildman–Crippen LogP) is 3.42. The van der Waals surface area contributed by atoms with Crippen LogP contribution in [0.2, 0.25) is 0 Å². The van der Waals surface area contributed by atoms with Crippen LogP contribution in [0.15, 0.2) is 0 Å². The zero-order valence-corrected chi connectivity index (χ0v) is 12.8. The molecule has 2 rings (SSSR count). The quantitative estimate of drug-likeness (QED) is 0.806. The van der Waals surface area contributed by atoms with Crippen molar-refractivity contribution in [3.63, 3.8) is 0 Å². The molecule has 0 aromatic carbocycles. The molecule has 2 saturated carbocycles. The van der Waals surface area contributed by atoms with Crippen molar-refractivity contribution in [1.82, 2.24) is 10.2 Å². The summed E-state index contributed by atoms with van der Waals surface area (Å²) in [6.07, 6.45) is 9.99. The highest BCUT2D eigenvalue weighted by molar-refractivity contribution is 5.01.